The number of aryl methyl sites for hydroxylation is 1. The fraction of sp³-hybridized carbons (Fsp3) is 0.375. The number of aromatic nitrogens is 1. The van der Waals surface area contributed by atoms with Crippen LogP contribution in [0.1, 0.15) is 28.2 Å². The van der Waals surface area contributed by atoms with Gasteiger partial charge in [-0.05, 0) is 32.9 Å². The van der Waals surface area contributed by atoms with E-state index in [9.17, 15) is 4.79 Å². The quantitative estimate of drug-likeness (QED) is 0.916. The molecule has 0 bridgehead atoms. The number of thiazole rings is 1. The molecule has 2 aromatic rings. The van der Waals surface area contributed by atoms with E-state index in [1.807, 2.05) is 37.3 Å². The van der Waals surface area contributed by atoms with Gasteiger partial charge in [0.1, 0.15) is 9.88 Å². The summed E-state index contributed by atoms with van der Waals surface area (Å²) in [6.45, 7) is 3.85. The fourth-order valence-corrected chi connectivity index (χ4v) is 3.50. The number of piperidine rings is 1. The Bertz CT molecular complexity index is 618. The van der Waals surface area contributed by atoms with Crippen LogP contribution in [0.25, 0.3) is 10.6 Å². The molecule has 3 rings (SSSR count). The Morgan fingerprint density at radius 1 is 1.29 bits per heavy atom. The van der Waals surface area contributed by atoms with E-state index in [0.29, 0.717) is 0 Å². The largest absolute Gasteiger partial charge is 0.348 e. The fourth-order valence-electron chi connectivity index (χ4n) is 2.53. The molecule has 1 fully saturated rings. The second-order valence-electron chi connectivity index (χ2n) is 5.30. The van der Waals surface area contributed by atoms with Crippen LogP contribution in [0.4, 0.5) is 0 Å². The number of amides is 1. The number of nitrogens with one attached hydrogen (secondary N) is 2. The van der Waals surface area contributed by atoms with Crippen molar-refractivity contribution in [1.29, 1.82) is 0 Å². The van der Waals surface area contributed by atoms with Gasteiger partial charge in [0.15, 0.2) is 0 Å². The van der Waals surface area contributed by atoms with Crippen LogP contribution in [0, 0.1) is 6.92 Å². The molecule has 0 radical (unpaired) electrons. The van der Waals surface area contributed by atoms with E-state index in [1.165, 1.54) is 11.3 Å². The molecular weight excluding hydrogens is 282 g/mol. The second-order valence-corrected chi connectivity index (χ2v) is 6.30. The zero-order valence-corrected chi connectivity index (χ0v) is 12.9. The highest BCUT2D eigenvalue weighted by Crippen LogP contribution is 2.27. The van der Waals surface area contributed by atoms with Gasteiger partial charge < -0.3 is 10.6 Å². The number of nitrogens with zero attached hydrogens (tertiary/aromatic N) is 1. The highest BCUT2D eigenvalue weighted by molar-refractivity contribution is 7.17. The van der Waals surface area contributed by atoms with Crippen LogP contribution < -0.4 is 10.6 Å². The van der Waals surface area contributed by atoms with Crippen LogP contribution in [-0.4, -0.2) is 30.0 Å². The SMILES string of the molecule is Cc1nc(-c2ccccc2)sc1C(=O)NC1CCNCC1. The van der Waals surface area contributed by atoms with E-state index in [1.54, 1.807) is 0 Å². The Morgan fingerprint density at radius 2 is 2.00 bits per heavy atom. The molecule has 1 aromatic heterocycles. The van der Waals surface area contributed by atoms with Crippen molar-refractivity contribution in [3.63, 3.8) is 0 Å². The molecule has 0 spiro atoms. The van der Waals surface area contributed by atoms with E-state index >= 15 is 0 Å². The maximum absolute atomic E-state index is 12.4. The summed E-state index contributed by atoms with van der Waals surface area (Å²) in [7, 11) is 0. The Kier molecular flexibility index (Phi) is 4.31. The maximum atomic E-state index is 12.4. The van der Waals surface area contributed by atoms with Crippen molar-refractivity contribution in [1.82, 2.24) is 15.6 Å². The lowest BCUT2D eigenvalue weighted by molar-refractivity contribution is 0.0933. The molecule has 0 saturated carbocycles. The topological polar surface area (TPSA) is 54.0 Å². The zero-order valence-electron chi connectivity index (χ0n) is 12.1. The van der Waals surface area contributed by atoms with Gasteiger partial charge in [-0.25, -0.2) is 4.98 Å². The summed E-state index contributed by atoms with van der Waals surface area (Å²) in [5.41, 5.74) is 1.87. The van der Waals surface area contributed by atoms with Gasteiger partial charge >= 0.3 is 0 Å². The number of hydrogen-bond acceptors (Lipinski definition) is 4. The number of carbonyl (C=O) groups excluding carboxylic acids is 1. The second kappa shape index (κ2) is 6.37. The lowest BCUT2D eigenvalue weighted by Gasteiger charge is -2.23. The third-order valence-corrected chi connectivity index (χ3v) is 4.90. The highest BCUT2D eigenvalue weighted by atomic mass is 32.1. The maximum Gasteiger partial charge on any atom is 0.263 e. The normalized spacial score (nSPS) is 15.9. The van der Waals surface area contributed by atoms with Gasteiger partial charge in [-0.2, -0.15) is 0 Å². The minimum absolute atomic E-state index is 0.0130. The third kappa shape index (κ3) is 3.31. The first-order valence-corrected chi connectivity index (χ1v) is 8.10. The third-order valence-electron chi connectivity index (χ3n) is 3.70. The highest BCUT2D eigenvalue weighted by Gasteiger charge is 2.20. The van der Waals surface area contributed by atoms with Gasteiger partial charge in [-0.15, -0.1) is 11.3 Å². The predicted molar refractivity (Wildman–Crippen MR) is 85.6 cm³/mol. The zero-order chi connectivity index (χ0) is 14.7. The van der Waals surface area contributed by atoms with E-state index in [4.69, 9.17) is 0 Å². The molecule has 0 unspecified atom stereocenters. The lowest BCUT2D eigenvalue weighted by Crippen LogP contribution is -2.42. The van der Waals surface area contributed by atoms with Gasteiger partial charge in [0, 0.05) is 11.6 Å². The molecule has 5 heteroatoms. The van der Waals surface area contributed by atoms with Crippen LogP contribution in [0.2, 0.25) is 0 Å². The van der Waals surface area contributed by atoms with E-state index in [2.05, 4.69) is 15.6 Å². The predicted octanol–water partition coefficient (Wildman–Crippen LogP) is 2.60. The Morgan fingerprint density at radius 3 is 2.71 bits per heavy atom. The molecule has 1 amide bonds. The van der Waals surface area contributed by atoms with E-state index in [-0.39, 0.29) is 11.9 Å². The lowest BCUT2D eigenvalue weighted by atomic mass is 10.1. The summed E-state index contributed by atoms with van der Waals surface area (Å²) in [5.74, 6) is 0.0130. The van der Waals surface area contributed by atoms with Gasteiger partial charge in [0.25, 0.3) is 5.91 Å². The Balaban J connectivity index is 1.76. The molecule has 2 N–H and O–H groups in total. The van der Waals surface area contributed by atoms with Crippen LogP contribution >= 0.6 is 11.3 Å². The number of carbonyl (C=O) groups is 1. The molecule has 21 heavy (non-hydrogen) atoms. The Hall–Kier alpha value is -1.72. The monoisotopic (exact) mass is 301 g/mol. The van der Waals surface area contributed by atoms with Crippen molar-refractivity contribution in [3.8, 4) is 10.6 Å². The first-order chi connectivity index (χ1) is 10.2. The molecular formula is C16H19N3OS. The summed E-state index contributed by atoms with van der Waals surface area (Å²) < 4.78 is 0. The minimum atomic E-state index is 0.0130. The standard InChI is InChI=1S/C16H19N3OS/c1-11-14(15(20)19-13-7-9-17-10-8-13)21-16(18-11)12-5-3-2-4-6-12/h2-6,13,17H,7-10H2,1H3,(H,19,20). The summed E-state index contributed by atoms with van der Waals surface area (Å²) >= 11 is 1.47. The van der Waals surface area contributed by atoms with Crippen LogP contribution in [0.15, 0.2) is 30.3 Å². The van der Waals surface area contributed by atoms with Crippen LogP contribution in [0.3, 0.4) is 0 Å². The van der Waals surface area contributed by atoms with Crippen LogP contribution in [-0.2, 0) is 0 Å². The Labute approximate surface area is 128 Å². The molecule has 1 aliphatic heterocycles. The van der Waals surface area contributed by atoms with Gasteiger partial charge in [0.05, 0.1) is 5.69 Å². The van der Waals surface area contributed by atoms with Crippen molar-refractivity contribution in [3.05, 3.63) is 40.9 Å². The van der Waals surface area contributed by atoms with Crippen molar-refractivity contribution in [2.24, 2.45) is 0 Å². The van der Waals surface area contributed by atoms with Crippen molar-refractivity contribution in [2.45, 2.75) is 25.8 Å². The molecule has 4 nitrogen and oxygen atoms in total. The molecule has 0 atom stereocenters. The number of benzene rings is 1. The molecule has 2 heterocycles. The first-order valence-electron chi connectivity index (χ1n) is 7.28. The first kappa shape index (κ1) is 14.2. The number of rotatable bonds is 3. The minimum Gasteiger partial charge on any atom is -0.348 e. The summed E-state index contributed by atoms with van der Waals surface area (Å²) in [4.78, 5) is 17.7. The molecule has 1 aliphatic rings. The average Bonchev–Trinajstić information content (AvgIpc) is 2.91. The summed E-state index contributed by atoms with van der Waals surface area (Å²) in [6.07, 6.45) is 1.99. The molecule has 0 aliphatic carbocycles. The average molecular weight is 301 g/mol. The van der Waals surface area contributed by atoms with E-state index < -0.39 is 0 Å². The molecule has 110 valence electrons. The molecule has 1 saturated heterocycles. The van der Waals surface area contributed by atoms with E-state index in [0.717, 1.165) is 47.1 Å². The smallest absolute Gasteiger partial charge is 0.263 e. The van der Waals surface area contributed by atoms with Crippen molar-refractivity contribution in [2.75, 3.05) is 13.1 Å². The van der Waals surface area contributed by atoms with Gasteiger partial charge in [0.2, 0.25) is 0 Å². The van der Waals surface area contributed by atoms with Crippen molar-refractivity contribution >= 4 is 17.2 Å². The summed E-state index contributed by atoms with van der Waals surface area (Å²) in [5, 5.41) is 7.34. The van der Waals surface area contributed by atoms with Crippen LogP contribution in [0.5, 0.6) is 0 Å². The summed E-state index contributed by atoms with van der Waals surface area (Å²) in [6, 6.07) is 10.3. The number of hydrogen-bond donors (Lipinski definition) is 2. The van der Waals surface area contributed by atoms with Crippen molar-refractivity contribution < 1.29 is 4.79 Å². The van der Waals surface area contributed by atoms with Gasteiger partial charge in [-0.3, -0.25) is 4.79 Å². The molecule has 1 aromatic carbocycles. The van der Waals surface area contributed by atoms with Gasteiger partial charge in [-0.1, -0.05) is 30.3 Å².